The van der Waals surface area contributed by atoms with Crippen molar-refractivity contribution in [2.45, 2.75) is 35.8 Å². The topological polar surface area (TPSA) is 87.2 Å². The van der Waals surface area contributed by atoms with Gasteiger partial charge in [-0.05, 0) is 31.4 Å². The summed E-state index contributed by atoms with van der Waals surface area (Å²) in [6, 6.07) is 4.67. The summed E-state index contributed by atoms with van der Waals surface area (Å²) in [7, 11) is 0. The molecule has 1 N–H and O–H groups in total. The Morgan fingerprint density at radius 2 is 2.06 bits per heavy atom. The molecule has 9 heteroatoms. The molecule has 1 aromatic carbocycles. The van der Waals surface area contributed by atoms with Crippen LogP contribution in [-0.2, 0) is 19.1 Å². The third-order valence-corrected chi connectivity index (χ3v) is 9.19. The number of benzene rings is 1. The highest BCUT2D eigenvalue weighted by atomic mass is 35.5. The maximum atomic E-state index is 14.2. The van der Waals surface area contributed by atoms with Gasteiger partial charge in [0.2, 0.25) is 5.91 Å². The molecule has 5 rings (SSSR count). The van der Waals surface area contributed by atoms with Gasteiger partial charge in [-0.15, -0.1) is 11.8 Å². The van der Waals surface area contributed by atoms with E-state index in [2.05, 4.69) is 0 Å². The van der Waals surface area contributed by atoms with Gasteiger partial charge < -0.3 is 19.6 Å². The van der Waals surface area contributed by atoms with Crippen LogP contribution in [0.15, 0.2) is 42.5 Å². The number of hydrogen-bond acceptors (Lipinski definition) is 6. The summed E-state index contributed by atoms with van der Waals surface area (Å²) >= 11 is 8.04. The predicted octanol–water partition coefficient (Wildman–Crippen LogP) is 2.73. The number of amides is 2. The Morgan fingerprint density at radius 3 is 2.82 bits per heavy atom. The number of halogens is 1. The Bertz CT molecular complexity index is 1070. The monoisotopic (exact) mass is 502 g/mol. The van der Waals surface area contributed by atoms with E-state index in [0.29, 0.717) is 30.1 Å². The normalized spacial score (nSPS) is 32.6. The van der Waals surface area contributed by atoms with Crippen molar-refractivity contribution in [1.82, 2.24) is 4.90 Å². The lowest BCUT2D eigenvalue weighted by Crippen LogP contribution is -2.53. The van der Waals surface area contributed by atoms with Gasteiger partial charge in [0.25, 0.3) is 5.91 Å². The minimum atomic E-state index is -0.906. The molecule has 2 amide bonds. The standard InChI is InChI=1S/C25H27ClN2O5S/c1-15-7-4-8-16(26)20(15)27-11-5-10-25-19(18-17(34-25)9-2-3-14-33-24(18)32)22(30)28(12-6-13-29)21(25)23(27)31/h2,4-5,7-10,17-19,21,29H,3,6,11-14H2,1H3/t17-,18+,19-,21?,25-/m0/s1. The Labute approximate surface area is 207 Å². The summed E-state index contributed by atoms with van der Waals surface area (Å²) < 4.78 is 4.57. The van der Waals surface area contributed by atoms with E-state index >= 15 is 0 Å². The van der Waals surface area contributed by atoms with Gasteiger partial charge in [0.1, 0.15) is 6.04 Å². The Kier molecular flexibility index (Phi) is 6.25. The van der Waals surface area contributed by atoms with Crippen LogP contribution in [0.5, 0.6) is 0 Å². The summed E-state index contributed by atoms with van der Waals surface area (Å²) in [5, 5.41) is 9.69. The fourth-order valence-electron chi connectivity index (χ4n) is 5.75. The third kappa shape index (κ3) is 3.49. The number of carbonyl (C=O) groups excluding carboxylic acids is 3. The van der Waals surface area contributed by atoms with Crippen molar-refractivity contribution in [1.29, 1.82) is 0 Å². The first-order chi connectivity index (χ1) is 16.4. The fourth-order valence-corrected chi connectivity index (χ4v) is 8.08. The highest BCUT2D eigenvalue weighted by Gasteiger charge is 2.71. The molecule has 180 valence electrons. The number of aliphatic hydroxyl groups excluding tert-OH is 1. The molecule has 0 aliphatic carbocycles. The molecular weight excluding hydrogens is 476 g/mol. The Hall–Kier alpha value is -2.29. The number of fused-ring (bicyclic) bond motifs is 2. The van der Waals surface area contributed by atoms with Crippen LogP contribution in [0.25, 0.3) is 0 Å². The van der Waals surface area contributed by atoms with Crippen molar-refractivity contribution in [3.63, 3.8) is 0 Å². The maximum Gasteiger partial charge on any atom is 0.311 e. The zero-order chi connectivity index (χ0) is 24.0. The zero-order valence-electron chi connectivity index (χ0n) is 18.9. The van der Waals surface area contributed by atoms with Gasteiger partial charge in [0.05, 0.1) is 33.9 Å². The SMILES string of the molecule is Cc1cccc(Cl)c1N1CC=C[C@]23S[C@H]4C=CCCOC(=O)[C@H]4[C@H]2C(=O)N(CCCO)C3C1=O. The first kappa shape index (κ1) is 23.5. The molecule has 4 heterocycles. The van der Waals surface area contributed by atoms with E-state index in [4.69, 9.17) is 16.3 Å². The maximum absolute atomic E-state index is 14.2. The highest BCUT2D eigenvalue weighted by molar-refractivity contribution is 8.02. The molecular formula is C25H27ClN2O5S. The Balaban J connectivity index is 1.63. The molecule has 0 bridgehead atoms. The van der Waals surface area contributed by atoms with E-state index in [-0.39, 0.29) is 42.8 Å². The van der Waals surface area contributed by atoms with Gasteiger partial charge in [0, 0.05) is 24.9 Å². The molecule has 1 aromatic rings. The van der Waals surface area contributed by atoms with Crippen molar-refractivity contribution in [3.8, 4) is 0 Å². The number of para-hydroxylation sites is 1. The van der Waals surface area contributed by atoms with Gasteiger partial charge in [0.15, 0.2) is 0 Å². The van der Waals surface area contributed by atoms with Crippen LogP contribution in [0.1, 0.15) is 18.4 Å². The van der Waals surface area contributed by atoms with Crippen LogP contribution in [0.4, 0.5) is 5.69 Å². The number of ether oxygens (including phenoxy) is 1. The summed E-state index contributed by atoms with van der Waals surface area (Å²) in [6.45, 7) is 2.62. The number of cyclic esters (lactones) is 1. The molecule has 1 spiro atoms. The number of aliphatic hydroxyl groups is 1. The van der Waals surface area contributed by atoms with E-state index in [9.17, 15) is 19.5 Å². The van der Waals surface area contributed by atoms with Crippen LogP contribution < -0.4 is 4.90 Å². The number of rotatable bonds is 4. The number of hydrogen-bond donors (Lipinski definition) is 1. The second-order valence-corrected chi connectivity index (χ2v) is 11.0. The molecule has 7 nitrogen and oxygen atoms in total. The number of anilines is 1. The van der Waals surface area contributed by atoms with Crippen LogP contribution in [0.2, 0.25) is 5.02 Å². The lowest BCUT2D eigenvalue weighted by atomic mass is 9.78. The minimum absolute atomic E-state index is 0.102. The quantitative estimate of drug-likeness (QED) is 0.503. The summed E-state index contributed by atoms with van der Waals surface area (Å²) in [6.07, 6.45) is 8.82. The van der Waals surface area contributed by atoms with Gasteiger partial charge in [-0.3, -0.25) is 14.4 Å². The third-order valence-electron chi connectivity index (χ3n) is 7.14. The molecule has 0 radical (unpaired) electrons. The molecule has 4 aliphatic rings. The highest BCUT2D eigenvalue weighted by Crippen LogP contribution is 2.61. The summed E-state index contributed by atoms with van der Waals surface area (Å²) in [5.41, 5.74) is 1.49. The fraction of sp³-hybridized carbons (Fsp3) is 0.480. The van der Waals surface area contributed by atoms with Crippen molar-refractivity contribution < 1.29 is 24.2 Å². The number of carbonyl (C=O) groups is 3. The molecule has 4 aliphatic heterocycles. The van der Waals surface area contributed by atoms with Crippen LogP contribution in [-0.4, -0.2) is 70.1 Å². The lowest BCUT2D eigenvalue weighted by Gasteiger charge is -2.35. The lowest BCUT2D eigenvalue weighted by molar-refractivity contribution is -0.153. The number of aryl methyl sites for hydroxylation is 1. The zero-order valence-corrected chi connectivity index (χ0v) is 20.4. The molecule has 1 unspecified atom stereocenters. The van der Waals surface area contributed by atoms with E-state index in [1.165, 1.54) is 11.8 Å². The average Bonchev–Trinajstić information content (AvgIpc) is 3.17. The molecule has 0 aromatic heterocycles. The van der Waals surface area contributed by atoms with Crippen molar-refractivity contribution in [2.24, 2.45) is 11.8 Å². The smallest absolute Gasteiger partial charge is 0.311 e. The van der Waals surface area contributed by atoms with E-state index in [0.717, 1.165) is 5.56 Å². The average molecular weight is 503 g/mol. The first-order valence-electron chi connectivity index (χ1n) is 11.6. The number of nitrogens with zero attached hydrogens (tertiary/aromatic N) is 2. The van der Waals surface area contributed by atoms with Crippen LogP contribution >= 0.6 is 23.4 Å². The molecule has 2 fully saturated rings. The second kappa shape index (κ2) is 9.06. The number of thioether (sulfide) groups is 1. The van der Waals surface area contributed by atoms with E-state index in [1.807, 2.05) is 43.4 Å². The minimum Gasteiger partial charge on any atom is -0.465 e. The van der Waals surface area contributed by atoms with E-state index < -0.39 is 22.6 Å². The Morgan fingerprint density at radius 1 is 1.24 bits per heavy atom. The largest absolute Gasteiger partial charge is 0.465 e. The van der Waals surface area contributed by atoms with Gasteiger partial charge >= 0.3 is 5.97 Å². The van der Waals surface area contributed by atoms with Crippen molar-refractivity contribution in [3.05, 3.63) is 53.1 Å². The molecule has 34 heavy (non-hydrogen) atoms. The van der Waals surface area contributed by atoms with Crippen molar-refractivity contribution >= 4 is 46.8 Å². The van der Waals surface area contributed by atoms with Crippen LogP contribution in [0, 0.1) is 18.8 Å². The summed E-state index contributed by atoms with van der Waals surface area (Å²) in [4.78, 5) is 44.4. The predicted molar refractivity (Wildman–Crippen MR) is 131 cm³/mol. The number of likely N-dealkylation sites (tertiary alicyclic amines) is 1. The first-order valence-corrected chi connectivity index (χ1v) is 12.8. The van der Waals surface area contributed by atoms with Gasteiger partial charge in [-0.2, -0.15) is 0 Å². The molecule has 2 saturated heterocycles. The molecule has 5 atom stereocenters. The van der Waals surface area contributed by atoms with Gasteiger partial charge in [-0.1, -0.05) is 48.0 Å². The van der Waals surface area contributed by atoms with Crippen LogP contribution in [0.3, 0.4) is 0 Å². The van der Waals surface area contributed by atoms with Gasteiger partial charge in [-0.25, -0.2) is 0 Å². The number of esters is 1. The molecule has 0 saturated carbocycles. The van der Waals surface area contributed by atoms with E-state index in [1.54, 1.807) is 15.9 Å². The summed E-state index contributed by atoms with van der Waals surface area (Å²) in [5.74, 6) is -2.23. The second-order valence-electron chi connectivity index (χ2n) is 9.09. The van der Waals surface area contributed by atoms with Crippen molar-refractivity contribution in [2.75, 3.05) is 31.2 Å².